The second-order valence-corrected chi connectivity index (χ2v) is 33.0. The average molecular weight is 1370 g/mol. The lowest BCUT2D eigenvalue weighted by Crippen LogP contribution is -2.49. The Labute approximate surface area is 569 Å². The third-order valence-corrected chi connectivity index (χ3v) is 25.5. The number of rotatable bonds is 7. The van der Waals surface area contributed by atoms with Crippen LogP contribution in [-0.2, 0) is 67.1 Å². The first-order valence-electron chi connectivity index (χ1n) is 33.3. The highest BCUT2D eigenvalue weighted by Crippen LogP contribution is 2.50. The van der Waals surface area contributed by atoms with Crippen molar-refractivity contribution in [3.63, 3.8) is 0 Å². The molecule has 3 fully saturated rings. The van der Waals surface area contributed by atoms with Crippen molar-refractivity contribution < 1.29 is 51.2 Å². The van der Waals surface area contributed by atoms with Crippen LogP contribution in [-0.4, -0.2) is 135 Å². The molecule has 2 N–H and O–H groups in total. The third kappa shape index (κ3) is 16.2. The average Bonchev–Trinajstić information content (AvgIpc) is 1.48. The number of aryl methyl sites for hydroxylation is 2. The van der Waals surface area contributed by atoms with Crippen LogP contribution in [0.15, 0.2) is 106 Å². The molecule has 94 heavy (non-hydrogen) atoms. The van der Waals surface area contributed by atoms with E-state index in [9.17, 15) is 22.8 Å². The quantitative estimate of drug-likeness (QED) is 0.172. The van der Waals surface area contributed by atoms with E-state index in [4.69, 9.17) is 56.8 Å². The maximum atomic E-state index is 14.5. The number of Topliss-reactive ketones (excluding diaryl/α,β-unsaturated/α-hetero) is 1. The molecule has 0 radical (unpaired) electrons. The molecule has 512 valence electrons. The number of halogens is 2. The Morgan fingerprint density at radius 2 is 1.15 bits per heavy atom. The van der Waals surface area contributed by atoms with Gasteiger partial charge in [-0.3, -0.25) is 14.4 Å². The number of fused-ring (bicyclic) bond motifs is 8. The van der Waals surface area contributed by atoms with Crippen LogP contribution in [0.5, 0.6) is 11.5 Å². The van der Waals surface area contributed by atoms with Crippen LogP contribution in [0.3, 0.4) is 0 Å². The van der Waals surface area contributed by atoms with Crippen LogP contribution in [0.2, 0.25) is 10.0 Å². The number of nitrogens with two attached hydrogens (primary N) is 1. The van der Waals surface area contributed by atoms with Crippen molar-refractivity contribution in [1.82, 2.24) is 0 Å². The zero-order chi connectivity index (χ0) is 64.4. The van der Waals surface area contributed by atoms with Gasteiger partial charge in [0.05, 0.1) is 58.4 Å². The summed E-state index contributed by atoms with van der Waals surface area (Å²) >= 11 is 12.9. The number of anilines is 2. The standard InChI is InChI=1S/C40H51ClN2O7S.C32H40ClN3O4S.2CH4/c1-27-5-3-7-37(47-2)34-11-8-30(34)21-43-25-40(16-4-6-28-19-31(41)10-12-35(28)40)26-50-38-13-9-29(20-36(38)43)39(45)42-51(46,23-27)24-32(44)22-49-33-14-17-48-18-15-33;1-21-5-3-7-29(39-2)26-11-8-24(26)17-36-19-32(14-4-6-22-15-25(33)10-12-27(22)32)20-40-30-13-9-23(16-28(30)36)31(37)35-41(34,38)18-21;;/h3,7,9-10,12-13,19-20,27,30,33-34,37H,4-6,8,11,14-18,21-26H2,1-2H3;3,7,9-10,12-13,15-16,21,24,26,29H,4-6,8,11,14,17-20H2,1-2H3,(H2,34,35,37,38);2*1H4/b2*7-3+;;/t27-,30-,34+,37-,40-,51+;21-,24-,26+,29-,32-,41?;;/m00../s1. The Hall–Kier alpha value is -5.15. The molecule has 16 nitrogen and oxygen atoms in total. The van der Waals surface area contributed by atoms with Crippen LogP contribution in [0.1, 0.15) is 149 Å². The maximum Gasteiger partial charge on any atom is 0.286 e. The second-order valence-electron chi connectivity index (χ2n) is 27.9. The molecule has 12 atom stereocenters. The van der Waals surface area contributed by atoms with E-state index >= 15 is 0 Å². The fourth-order valence-electron chi connectivity index (χ4n) is 16.1. The zero-order valence-corrected chi connectivity index (χ0v) is 56.9. The number of methoxy groups -OCH3 is 2. The fraction of sp³-hybridized carbons (Fsp3) is 0.581. The number of benzene rings is 4. The number of hydrogen-bond donors (Lipinski definition) is 1. The molecule has 20 heteroatoms. The van der Waals surface area contributed by atoms with Crippen LogP contribution in [0.4, 0.5) is 11.4 Å². The summed E-state index contributed by atoms with van der Waals surface area (Å²) in [4.78, 5) is 45.3. The van der Waals surface area contributed by atoms with E-state index in [-0.39, 0.29) is 85.5 Å². The van der Waals surface area contributed by atoms with Crippen LogP contribution in [0, 0.1) is 35.5 Å². The van der Waals surface area contributed by atoms with E-state index < -0.39 is 31.5 Å². The minimum Gasteiger partial charge on any atom is -0.490 e. The highest BCUT2D eigenvalue weighted by atomic mass is 35.5. The number of nitrogens with zero attached hydrogens (tertiary/aromatic N) is 4. The van der Waals surface area contributed by atoms with Gasteiger partial charge in [-0.15, -0.1) is 4.36 Å². The molecule has 5 aliphatic heterocycles. The smallest absolute Gasteiger partial charge is 0.286 e. The minimum atomic E-state index is -3.24. The molecule has 2 saturated carbocycles. The fourth-order valence-corrected chi connectivity index (χ4v) is 20.2. The van der Waals surface area contributed by atoms with Gasteiger partial charge < -0.3 is 38.2 Å². The molecule has 2 spiro atoms. The zero-order valence-electron chi connectivity index (χ0n) is 53.7. The Kier molecular flexibility index (Phi) is 23.4. The van der Waals surface area contributed by atoms with E-state index in [1.807, 2.05) is 50.2 Å². The van der Waals surface area contributed by atoms with E-state index in [0.29, 0.717) is 74.1 Å². The topological polar surface area (TPSA) is 198 Å². The lowest BCUT2D eigenvalue weighted by molar-refractivity contribution is -0.125. The van der Waals surface area contributed by atoms with Gasteiger partial charge in [0.1, 0.15) is 28.0 Å². The van der Waals surface area contributed by atoms with E-state index in [1.54, 1.807) is 26.4 Å². The van der Waals surface area contributed by atoms with Crippen molar-refractivity contribution in [2.75, 3.05) is 100 Å². The summed E-state index contributed by atoms with van der Waals surface area (Å²) in [5.41, 5.74) is 7.15. The molecule has 4 bridgehead atoms. The summed E-state index contributed by atoms with van der Waals surface area (Å²) in [6.45, 7) is 9.22. The lowest BCUT2D eigenvalue weighted by Gasteiger charge is -2.46. The molecule has 1 saturated heterocycles. The first kappa shape index (κ1) is 71.6. The number of ether oxygens (including phenoxy) is 6. The predicted molar refractivity (Wildman–Crippen MR) is 377 cm³/mol. The Bertz CT molecular complexity index is 3730. The summed E-state index contributed by atoms with van der Waals surface area (Å²) in [6.07, 6.45) is 21.7. The predicted octanol–water partition coefficient (Wildman–Crippen LogP) is 14.0. The molecule has 9 aliphatic rings. The van der Waals surface area contributed by atoms with Crippen molar-refractivity contribution in [3.8, 4) is 11.5 Å². The third-order valence-electron chi connectivity index (χ3n) is 21.1. The van der Waals surface area contributed by atoms with Crippen molar-refractivity contribution >= 4 is 71.8 Å². The molecule has 4 aromatic rings. The summed E-state index contributed by atoms with van der Waals surface area (Å²) in [7, 11) is -2.87. The molecular weight excluding hydrogens is 1270 g/mol. The Morgan fingerprint density at radius 3 is 1.63 bits per heavy atom. The van der Waals surface area contributed by atoms with Crippen LogP contribution in [0.25, 0.3) is 0 Å². The van der Waals surface area contributed by atoms with Gasteiger partial charge in [-0.2, -0.15) is 4.36 Å². The molecule has 4 aromatic carbocycles. The van der Waals surface area contributed by atoms with Gasteiger partial charge in [0, 0.05) is 97.1 Å². The number of amides is 2. The second kappa shape index (κ2) is 30.7. The minimum absolute atomic E-state index is 0. The molecule has 2 amide bonds. The molecule has 0 aromatic heterocycles. The van der Waals surface area contributed by atoms with Crippen LogP contribution < -0.4 is 24.4 Å². The Morgan fingerprint density at radius 1 is 0.660 bits per heavy atom. The van der Waals surface area contributed by atoms with Gasteiger partial charge in [-0.1, -0.05) is 88.3 Å². The van der Waals surface area contributed by atoms with E-state index in [2.05, 4.69) is 67.1 Å². The molecule has 4 aliphatic carbocycles. The van der Waals surface area contributed by atoms with Gasteiger partial charge in [0.25, 0.3) is 11.8 Å². The maximum absolute atomic E-state index is 14.5. The first-order chi connectivity index (χ1) is 44.3. The van der Waals surface area contributed by atoms with Crippen molar-refractivity contribution in [2.24, 2.45) is 49.4 Å². The van der Waals surface area contributed by atoms with E-state index in [0.717, 1.165) is 136 Å². The largest absolute Gasteiger partial charge is 0.490 e. The van der Waals surface area contributed by atoms with Gasteiger partial charge in [-0.25, -0.2) is 13.6 Å². The van der Waals surface area contributed by atoms with Gasteiger partial charge in [-0.05, 0) is 208 Å². The van der Waals surface area contributed by atoms with Crippen molar-refractivity contribution in [1.29, 1.82) is 0 Å². The highest BCUT2D eigenvalue weighted by Gasteiger charge is 2.47. The van der Waals surface area contributed by atoms with Gasteiger partial charge >= 0.3 is 0 Å². The Balaban J connectivity index is 0.000000205. The molecule has 1 unspecified atom stereocenters. The summed E-state index contributed by atoms with van der Waals surface area (Å²) in [6, 6.07) is 23.4. The molecular formula is C74H99Cl2N5O11S2. The summed E-state index contributed by atoms with van der Waals surface area (Å²) < 4.78 is 72.6. The number of carbonyl (C=O) groups excluding carboxylic acids is 3. The number of carbonyl (C=O) groups is 3. The summed E-state index contributed by atoms with van der Waals surface area (Å²) in [5.74, 6) is 1.54. The molecule has 5 heterocycles. The van der Waals surface area contributed by atoms with Gasteiger partial charge in [0.15, 0.2) is 5.78 Å². The highest BCUT2D eigenvalue weighted by molar-refractivity contribution is 7.94. The number of ketones is 1. The monoisotopic (exact) mass is 1370 g/mol. The van der Waals surface area contributed by atoms with Crippen molar-refractivity contribution in [2.45, 2.75) is 148 Å². The lowest BCUT2D eigenvalue weighted by atomic mass is 9.68. The normalized spacial score (nSPS) is 32.4. The van der Waals surface area contributed by atoms with Gasteiger partial charge in [0.2, 0.25) is 0 Å². The number of allylic oxidation sites excluding steroid dienone is 2. The van der Waals surface area contributed by atoms with Crippen LogP contribution >= 0.6 is 23.2 Å². The molecule has 13 rings (SSSR count). The SMILES string of the molecule is C.C.CO[C@H]1/C=C/C[C@H](C)CS(N)(=O)=NC(=O)c2ccc3c(c2)N(C[C@@H]2CC[C@H]21)C[C@@]1(CCCc2cc(Cl)ccc21)CO3.CO[C@H]1/C=C/C[C@H](C)C[S@@](=O)(CC(=O)COC2CCOCC2)=NC(=O)c2ccc3c(c2)N(C[C@@H]2CC[C@H]21)C[C@@]1(CCCc2cc(Cl)ccc21)CO3. The number of hydrogen-bond acceptors (Lipinski definition) is 13. The first-order valence-corrected chi connectivity index (χ1v) is 37.7. The van der Waals surface area contributed by atoms with Crippen molar-refractivity contribution in [3.05, 3.63) is 141 Å². The summed E-state index contributed by atoms with van der Waals surface area (Å²) in [5, 5.41) is 7.59. The van der Waals surface area contributed by atoms with E-state index in [1.165, 1.54) is 22.3 Å².